The lowest BCUT2D eigenvalue weighted by atomic mass is 9.88. The summed E-state index contributed by atoms with van der Waals surface area (Å²) in [4.78, 5) is 20.1. The predicted octanol–water partition coefficient (Wildman–Crippen LogP) is 4.64. The normalized spacial score (nSPS) is 16.2. The van der Waals surface area contributed by atoms with E-state index in [2.05, 4.69) is 28.8 Å². The lowest BCUT2D eigenvalue weighted by molar-refractivity contribution is 0.0981. The number of benzene rings is 1. The Morgan fingerprint density at radius 2 is 2.00 bits per heavy atom. The number of piperidine rings is 1. The molecule has 3 heterocycles. The Balaban J connectivity index is 1.73. The summed E-state index contributed by atoms with van der Waals surface area (Å²) in [5.74, 6) is 0.583. The Hall–Kier alpha value is -3.47. The first-order valence-electron chi connectivity index (χ1n) is 12.8. The number of ether oxygens (including phenoxy) is 1. The molecule has 1 unspecified atom stereocenters. The van der Waals surface area contributed by atoms with Crippen molar-refractivity contribution in [3.05, 3.63) is 54.0 Å². The quantitative estimate of drug-likeness (QED) is 0.404. The number of carbonyl (C=O) groups excluding carboxylic acids is 1. The predicted molar refractivity (Wildman–Crippen MR) is 143 cm³/mol. The number of aromatic amines is 1. The van der Waals surface area contributed by atoms with E-state index in [-0.39, 0.29) is 16.5 Å². The van der Waals surface area contributed by atoms with Gasteiger partial charge in [-0.1, -0.05) is 27.7 Å². The maximum Gasteiger partial charge on any atom is 0.281 e. The molecule has 1 atom stereocenters. The van der Waals surface area contributed by atoms with Gasteiger partial charge < -0.3 is 9.64 Å². The van der Waals surface area contributed by atoms with Gasteiger partial charge >= 0.3 is 0 Å². The number of amides is 1. The number of carbonyl (C=O) groups is 1. The zero-order valence-electron chi connectivity index (χ0n) is 22.1. The highest BCUT2D eigenvalue weighted by molar-refractivity contribution is 7.90. The van der Waals surface area contributed by atoms with Crippen molar-refractivity contribution < 1.29 is 22.3 Å². The molecule has 1 fully saturated rings. The smallest absolute Gasteiger partial charge is 0.281 e. The summed E-state index contributed by atoms with van der Waals surface area (Å²) in [5, 5.41) is 5.79. The summed E-state index contributed by atoms with van der Waals surface area (Å²) in [7, 11) is -4.15. The molecule has 0 radical (unpaired) electrons. The third-order valence-electron chi connectivity index (χ3n) is 6.56. The van der Waals surface area contributed by atoms with Gasteiger partial charge in [0.25, 0.3) is 15.9 Å². The van der Waals surface area contributed by atoms with E-state index in [1.807, 2.05) is 18.7 Å². The fourth-order valence-corrected chi connectivity index (χ4v) is 5.33. The van der Waals surface area contributed by atoms with Crippen LogP contribution in [-0.2, 0) is 10.0 Å². The van der Waals surface area contributed by atoms with Crippen molar-refractivity contribution in [2.24, 2.45) is 17.8 Å². The van der Waals surface area contributed by atoms with E-state index in [0.29, 0.717) is 54.4 Å². The lowest BCUT2D eigenvalue weighted by Crippen LogP contribution is -2.40. The van der Waals surface area contributed by atoms with Gasteiger partial charge in [0.1, 0.15) is 17.4 Å². The molecule has 1 aliphatic heterocycles. The number of aromatic nitrogens is 3. The number of anilines is 1. The molecule has 0 spiro atoms. The third-order valence-corrected chi connectivity index (χ3v) is 7.82. The number of rotatable bonds is 9. The highest BCUT2D eigenvalue weighted by atomic mass is 32.2. The van der Waals surface area contributed by atoms with Gasteiger partial charge in [-0.15, -0.1) is 0 Å². The molecule has 1 aliphatic rings. The highest BCUT2D eigenvalue weighted by Gasteiger charge is 2.29. The van der Waals surface area contributed by atoms with Crippen molar-refractivity contribution in [2.75, 3.05) is 24.6 Å². The number of pyridine rings is 1. The minimum absolute atomic E-state index is 0.119. The van der Waals surface area contributed by atoms with Crippen LogP contribution in [0.4, 0.5) is 10.2 Å². The number of hydrogen-bond acceptors (Lipinski definition) is 7. The largest absolute Gasteiger partial charge is 0.493 e. The van der Waals surface area contributed by atoms with Gasteiger partial charge in [0.2, 0.25) is 0 Å². The second-order valence-corrected chi connectivity index (χ2v) is 12.0. The van der Waals surface area contributed by atoms with E-state index in [1.54, 1.807) is 12.1 Å². The van der Waals surface area contributed by atoms with Gasteiger partial charge in [0, 0.05) is 24.7 Å². The molecular weight excluding hydrogens is 509 g/mol. The van der Waals surface area contributed by atoms with Crippen molar-refractivity contribution in [3.8, 4) is 17.0 Å². The van der Waals surface area contributed by atoms with E-state index in [4.69, 9.17) is 9.72 Å². The van der Waals surface area contributed by atoms with Crippen LogP contribution < -0.4 is 14.4 Å². The zero-order chi connectivity index (χ0) is 27.4. The Kier molecular flexibility index (Phi) is 8.35. The number of nitrogens with one attached hydrogen (secondary N) is 2. The number of nitrogens with zero attached hydrogens (tertiary/aromatic N) is 3. The molecule has 1 amide bonds. The fraction of sp³-hybridized carbons (Fsp3) is 0.444. The van der Waals surface area contributed by atoms with Crippen LogP contribution in [0.2, 0.25) is 0 Å². The van der Waals surface area contributed by atoms with Gasteiger partial charge in [0.15, 0.2) is 5.03 Å². The van der Waals surface area contributed by atoms with Crippen LogP contribution in [0.5, 0.6) is 5.75 Å². The Morgan fingerprint density at radius 1 is 1.21 bits per heavy atom. The average Bonchev–Trinajstić information content (AvgIpc) is 3.43. The maximum absolute atomic E-state index is 14.5. The van der Waals surface area contributed by atoms with Crippen LogP contribution in [0.15, 0.2) is 47.6 Å². The molecule has 3 aromatic rings. The minimum Gasteiger partial charge on any atom is -0.493 e. The summed E-state index contributed by atoms with van der Waals surface area (Å²) >= 11 is 0. The van der Waals surface area contributed by atoms with Gasteiger partial charge in [-0.3, -0.25) is 9.89 Å². The van der Waals surface area contributed by atoms with Crippen LogP contribution in [0.3, 0.4) is 0 Å². The third kappa shape index (κ3) is 6.50. The summed E-state index contributed by atoms with van der Waals surface area (Å²) in [5.41, 5.74) is 1.07. The molecule has 1 aromatic carbocycles. The first-order valence-corrected chi connectivity index (χ1v) is 14.3. The van der Waals surface area contributed by atoms with Crippen LogP contribution in [-0.4, -0.2) is 49.2 Å². The summed E-state index contributed by atoms with van der Waals surface area (Å²) < 4.78 is 47.7. The Bertz CT molecular complexity index is 1380. The molecule has 4 rings (SSSR count). The molecule has 0 saturated carbocycles. The SMILES string of the molecule is CC(C)COc1cc(F)cc(-c2ccc(C(=O)NS(=O)(=O)c3ccn[nH]3)c(N3CCCC(C(C)C)C3)n2)c1. The first-order chi connectivity index (χ1) is 18.0. The molecule has 2 aromatic heterocycles. The second kappa shape index (κ2) is 11.5. The van der Waals surface area contributed by atoms with Gasteiger partial charge in [-0.25, -0.2) is 14.1 Å². The Morgan fingerprint density at radius 3 is 2.68 bits per heavy atom. The van der Waals surface area contributed by atoms with Crippen molar-refractivity contribution >= 4 is 21.7 Å². The van der Waals surface area contributed by atoms with Crippen molar-refractivity contribution in [3.63, 3.8) is 0 Å². The van der Waals surface area contributed by atoms with Crippen LogP contribution in [0.1, 0.15) is 50.9 Å². The number of sulfonamides is 1. The zero-order valence-corrected chi connectivity index (χ0v) is 22.9. The van der Waals surface area contributed by atoms with E-state index in [0.717, 1.165) is 12.8 Å². The summed E-state index contributed by atoms with van der Waals surface area (Å²) in [6.45, 7) is 10.1. The molecule has 38 heavy (non-hydrogen) atoms. The second-order valence-electron chi connectivity index (χ2n) is 10.4. The fourth-order valence-electron chi connectivity index (χ4n) is 4.46. The Labute approximate surface area is 222 Å². The summed E-state index contributed by atoms with van der Waals surface area (Å²) in [6.07, 6.45) is 3.26. The van der Waals surface area contributed by atoms with Gasteiger partial charge in [0.05, 0.1) is 24.1 Å². The topological polar surface area (TPSA) is 117 Å². The molecule has 9 nitrogen and oxygen atoms in total. The van der Waals surface area contributed by atoms with Crippen LogP contribution in [0, 0.1) is 23.6 Å². The number of hydrogen-bond donors (Lipinski definition) is 2. The van der Waals surface area contributed by atoms with Crippen molar-refractivity contribution in [2.45, 2.75) is 45.6 Å². The molecule has 0 bridgehead atoms. The van der Waals surface area contributed by atoms with Crippen molar-refractivity contribution in [1.29, 1.82) is 0 Å². The molecule has 1 saturated heterocycles. The van der Waals surface area contributed by atoms with Crippen LogP contribution >= 0.6 is 0 Å². The monoisotopic (exact) mass is 543 g/mol. The van der Waals surface area contributed by atoms with Gasteiger partial charge in [-0.2, -0.15) is 13.5 Å². The van der Waals surface area contributed by atoms with Crippen molar-refractivity contribution in [1.82, 2.24) is 19.9 Å². The highest BCUT2D eigenvalue weighted by Crippen LogP contribution is 2.32. The van der Waals surface area contributed by atoms with Gasteiger partial charge in [-0.05, 0) is 60.9 Å². The first kappa shape index (κ1) is 27.6. The van der Waals surface area contributed by atoms with E-state index < -0.39 is 21.7 Å². The van der Waals surface area contributed by atoms with E-state index in [9.17, 15) is 17.6 Å². The van der Waals surface area contributed by atoms with E-state index >= 15 is 0 Å². The minimum atomic E-state index is -4.15. The van der Waals surface area contributed by atoms with Crippen LogP contribution in [0.25, 0.3) is 11.3 Å². The molecule has 2 N–H and O–H groups in total. The molecular formula is C27H34FN5O4S. The lowest BCUT2D eigenvalue weighted by Gasteiger charge is -2.36. The van der Waals surface area contributed by atoms with E-state index in [1.165, 1.54) is 30.5 Å². The molecule has 11 heteroatoms. The number of H-pyrrole nitrogens is 1. The maximum atomic E-state index is 14.5. The standard InChI is InChI=1S/C27H34FN5O4S/c1-17(2)16-37-22-13-20(12-21(28)14-22)24-8-7-23(27(34)32-38(35,36)25-9-10-29-31-25)26(30-24)33-11-5-6-19(15-33)18(3)4/h7-10,12-14,17-19H,5-6,11,15-16H2,1-4H3,(H,29,31)(H,32,34). The number of halogens is 1. The molecule has 0 aliphatic carbocycles. The average molecular weight is 544 g/mol. The summed E-state index contributed by atoms with van der Waals surface area (Å²) in [6, 6.07) is 8.79. The molecule has 204 valence electrons.